The first-order valence-corrected chi connectivity index (χ1v) is 9.58. The minimum atomic E-state index is -2.97. The number of rotatable bonds is 7. The summed E-state index contributed by atoms with van der Waals surface area (Å²) in [4.78, 5) is 28.0. The number of alkyl halides is 2. The molecule has 0 saturated carbocycles. The fourth-order valence-corrected chi connectivity index (χ4v) is 3.38. The van der Waals surface area contributed by atoms with E-state index in [1.807, 2.05) is 17.0 Å². The minimum Gasteiger partial charge on any atom is -0.433 e. The molecule has 1 aliphatic heterocycles. The van der Waals surface area contributed by atoms with Crippen LogP contribution in [0.5, 0.6) is 5.75 Å². The molecule has 2 amide bonds. The van der Waals surface area contributed by atoms with E-state index in [-0.39, 0.29) is 17.3 Å². The quantitative estimate of drug-likeness (QED) is 0.722. The molecule has 1 fully saturated rings. The van der Waals surface area contributed by atoms with Crippen LogP contribution >= 0.6 is 0 Å². The molecule has 0 aliphatic carbocycles. The van der Waals surface area contributed by atoms with Crippen LogP contribution in [0.3, 0.4) is 0 Å². The third-order valence-electron chi connectivity index (χ3n) is 5.12. The van der Waals surface area contributed by atoms with Gasteiger partial charge in [-0.25, -0.2) is 0 Å². The second-order valence-electron chi connectivity index (χ2n) is 6.97. The smallest absolute Gasteiger partial charge is 0.387 e. The zero-order valence-corrected chi connectivity index (χ0v) is 16.6. The molecule has 160 valence electrons. The number of nitrogens with zero attached hydrogens (tertiary/aromatic N) is 2. The minimum absolute atomic E-state index is 0.0720. The first-order chi connectivity index (χ1) is 14.3. The highest BCUT2D eigenvalue weighted by atomic mass is 19.3. The third-order valence-corrected chi connectivity index (χ3v) is 5.12. The topological polar surface area (TPSA) is 87.9 Å². The molecule has 7 nitrogen and oxygen atoms in total. The molecule has 30 heavy (non-hydrogen) atoms. The summed E-state index contributed by atoms with van der Waals surface area (Å²) in [5, 5.41) is 2.68. The van der Waals surface area contributed by atoms with Gasteiger partial charge in [0.2, 0.25) is 11.8 Å². The Balaban J connectivity index is 1.56. The van der Waals surface area contributed by atoms with Crippen molar-refractivity contribution in [3.63, 3.8) is 0 Å². The van der Waals surface area contributed by atoms with E-state index in [0.717, 1.165) is 5.69 Å². The summed E-state index contributed by atoms with van der Waals surface area (Å²) in [7, 11) is 0. The summed E-state index contributed by atoms with van der Waals surface area (Å²) in [5.74, 6) is -0.830. The molecule has 1 heterocycles. The first-order valence-electron chi connectivity index (χ1n) is 9.58. The molecule has 2 aromatic carbocycles. The van der Waals surface area contributed by atoms with Crippen molar-refractivity contribution in [2.75, 3.05) is 36.4 Å². The van der Waals surface area contributed by atoms with E-state index in [9.17, 15) is 18.4 Å². The number of benzene rings is 2. The summed E-state index contributed by atoms with van der Waals surface area (Å²) < 4.78 is 29.6. The van der Waals surface area contributed by atoms with Gasteiger partial charge >= 0.3 is 6.61 Å². The van der Waals surface area contributed by atoms with E-state index in [2.05, 4.69) is 15.0 Å². The molecule has 3 rings (SSSR count). The van der Waals surface area contributed by atoms with Crippen molar-refractivity contribution in [2.24, 2.45) is 5.73 Å². The number of anilines is 2. The summed E-state index contributed by atoms with van der Waals surface area (Å²) in [5.41, 5.74) is 6.92. The molecule has 3 N–H and O–H groups in total. The number of hydrogen-bond acceptors (Lipinski definition) is 5. The van der Waals surface area contributed by atoms with Crippen molar-refractivity contribution >= 4 is 23.2 Å². The summed E-state index contributed by atoms with van der Waals surface area (Å²) >= 11 is 0. The van der Waals surface area contributed by atoms with Crippen LogP contribution < -0.4 is 20.7 Å². The number of hydrogen-bond donors (Lipinski definition) is 2. The number of carbonyl (C=O) groups excluding carboxylic acids is 2. The van der Waals surface area contributed by atoms with Crippen LogP contribution in [0.4, 0.5) is 20.2 Å². The Hall–Kier alpha value is -3.20. The highest BCUT2D eigenvalue weighted by molar-refractivity contribution is 5.96. The van der Waals surface area contributed by atoms with Crippen LogP contribution in [-0.4, -0.2) is 55.5 Å². The Labute approximate surface area is 173 Å². The average molecular weight is 418 g/mol. The first kappa shape index (κ1) is 21.5. The molecule has 0 radical (unpaired) electrons. The average Bonchev–Trinajstić information content (AvgIpc) is 2.74. The number of piperazine rings is 1. The number of amides is 2. The van der Waals surface area contributed by atoms with Gasteiger partial charge in [-0.2, -0.15) is 8.78 Å². The molecule has 9 heteroatoms. The number of nitrogens with two attached hydrogens (primary N) is 1. The molecule has 1 unspecified atom stereocenters. The number of para-hydroxylation sites is 2. The Morgan fingerprint density at radius 2 is 1.67 bits per heavy atom. The highest BCUT2D eigenvalue weighted by Crippen LogP contribution is 2.26. The fourth-order valence-electron chi connectivity index (χ4n) is 3.38. The largest absolute Gasteiger partial charge is 0.433 e. The maximum Gasteiger partial charge on any atom is 0.387 e. The number of ether oxygens (including phenoxy) is 1. The van der Waals surface area contributed by atoms with Gasteiger partial charge in [-0.3, -0.25) is 14.5 Å². The number of primary amides is 1. The summed E-state index contributed by atoms with van der Waals surface area (Å²) in [6.07, 6.45) is 0. The van der Waals surface area contributed by atoms with E-state index in [4.69, 9.17) is 5.73 Å². The molecule has 1 saturated heterocycles. The van der Waals surface area contributed by atoms with Crippen molar-refractivity contribution in [2.45, 2.75) is 19.6 Å². The van der Waals surface area contributed by atoms with Crippen LogP contribution in [0.1, 0.15) is 17.3 Å². The molecule has 2 aromatic rings. The zero-order chi connectivity index (χ0) is 21.7. The van der Waals surface area contributed by atoms with Gasteiger partial charge in [0.05, 0.1) is 11.7 Å². The standard InChI is InChI=1S/C21H24F2N4O3/c1-14(20(29)25-17-4-2-3-5-18(17)30-21(22)23)26-10-12-27(13-11-26)16-8-6-15(7-9-16)19(24)28/h2-9,14,21H,10-13H2,1H3,(H2,24,28)(H,25,29). The predicted octanol–water partition coefficient (Wildman–Crippen LogP) is 2.54. The van der Waals surface area contributed by atoms with Crippen LogP contribution in [-0.2, 0) is 4.79 Å². The molecular formula is C21H24F2N4O3. The Morgan fingerprint density at radius 3 is 2.27 bits per heavy atom. The van der Waals surface area contributed by atoms with E-state index < -0.39 is 18.6 Å². The fraction of sp³-hybridized carbons (Fsp3) is 0.333. The molecule has 0 aromatic heterocycles. The van der Waals surface area contributed by atoms with Gasteiger partial charge in [0.15, 0.2) is 0 Å². The van der Waals surface area contributed by atoms with Crippen LogP contribution in [0.15, 0.2) is 48.5 Å². The molecular weight excluding hydrogens is 394 g/mol. The van der Waals surface area contributed by atoms with Crippen molar-refractivity contribution in [1.29, 1.82) is 0 Å². The summed E-state index contributed by atoms with van der Waals surface area (Å²) in [6.45, 7) is 1.54. The van der Waals surface area contributed by atoms with E-state index in [1.165, 1.54) is 12.1 Å². The van der Waals surface area contributed by atoms with Gasteiger partial charge < -0.3 is 20.7 Å². The van der Waals surface area contributed by atoms with Gasteiger partial charge in [-0.05, 0) is 43.3 Å². The van der Waals surface area contributed by atoms with Gasteiger partial charge in [0.25, 0.3) is 0 Å². The molecule has 1 aliphatic rings. The van der Waals surface area contributed by atoms with E-state index in [0.29, 0.717) is 31.7 Å². The Bertz CT molecular complexity index is 884. The van der Waals surface area contributed by atoms with E-state index in [1.54, 1.807) is 31.2 Å². The molecule has 0 spiro atoms. The lowest BCUT2D eigenvalue weighted by molar-refractivity contribution is -0.121. The number of nitrogens with one attached hydrogen (secondary N) is 1. The van der Waals surface area contributed by atoms with Gasteiger partial charge in [-0.15, -0.1) is 0 Å². The van der Waals surface area contributed by atoms with Crippen LogP contribution in [0.2, 0.25) is 0 Å². The van der Waals surface area contributed by atoms with Crippen molar-refractivity contribution < 1.29 is 23.1 Å². The zero-order valence-electron chi connectivity index (χ0n) is 16.6. The molecule has 1 atom stereocenters. The maximum absolute atomic E-state index is 12.6. The van der Waals surface area contributed by atoms with Crippen molar-refractivity contribution in [3.8, 4) is 5.75 Å². The number of carbonyl (C=O) groups is 2. The van der Waals surface area contributed by atoms with E-state index >= 15 is 0 Å². The highest BCUT2D eigenvalue weighted by Gasteiger charge is 2.26. The van der Waals surface area contributed by atoms with Gasteiger partial charge in [0, 0.05) is 37.4 Å². The lowest BCUT2D eigenvalue weighted by Gasteiger charge is -2.38. The monoisotopic (exact) mass is 418 g/mol. The maximum atomic E-state index is 12.6. The number of halogens is 2. The lowest BCUT2D eigenvalue weighted by atomic mass is 10.1. The van der Waals surface area contributed by atoms with Crippen LogP contribution in [0, 0.1) is 0 Å². The SMILES string of the molecule is CC(C(=O)Nc1ccccc1OC(F)F)N1CCN(c2ccc(C(N)=O)cc2)CC1. The second-order valence-corrected chi connectivity index (χ2v) is 6.97. The predicted molar refractivity (Wildman–Crippen MR) is 110 cm³/mol. The normalized spacial score (nSPS) is 15.7. The summed E-state index contributed by atoms with van der Waals surface area (Å²) in [6, 6.07) is 12.8. The van der Waals surface area contributed by atoms with Gasteiger partial charge in [-0.1, -0.05) is 12.1 Å². The van der Waals surface area contributed by atoms with Crippen molar-refractivity contribution in [3.05, 3.63) is 54.1 Å². The lowest BCUT2D eigenvalue weighted by Crippen LogP contribution is -2.52. The van der Waals surface area contributed by atoms with Crippen LogP contribution in [0.25, 0.3) is 0 Å². The Morgan fingerprint density at radius 1 is 1.03 bits per heavy atom. The van der Waals surface area contributed by atoms with Crippen molar-refractivity contribution in [1.82, 2.24) is 4.90 Å². The third kappa shape index (κ3) is 5.24. The van der Waals surface area contributed by atoms with Gasteiger partial charge in [0.1, 0.15) is 5.75 Å². The second kappa shape index (κ2) is 9.53. The molecule has 0 bridgehead atoms. The Kier molecular flexibility index (Phi) is 6.83.